The molecule has 7 nitrogen and oxygen atoms in total. The fourth-order valence-corrected chi connectivity index (χ4v) is 9.79. The van der Waals surface area contributed by atoms with Gasteiger partial charge in [0.2, 0.25) is 0 Å². The molecule has 4 rings (SSSR count). The lowest BCUT2D eigenvalue weighted by Gasteiger charge is -2.43. The highest BCUT2D eigenvalue weighted by Crippen LogP contribution is 2.45. The first kappa shape index (κ1) is 26.0. The Bertz CT molecular complexity index is 981. The van der Waals surface area contributed by atoms with Crippen LogP contribution in [0.15, 0.2) is 60.7 Å². The summed E-state index contributed by atoms with van der Waals surface area (Å²) < 4.78 is 30.0. The van der Waals surface area contributed by atoms with Crippen LogP contribution in [0.3, 0.4) is 0 Å². The van der Waals surface area contributed by atoms with E-state index in [-0.39, 0.29) is 18.3 Å². The van der Waals surface area contributed by atoms with Crippen molar-refractivity contribution in [2.24, 2.45) is 0 Å². The van der Waals surface area contributed by atoms with E-state index in [0.717, 1.165) is 10.4 Å². The lowest BCUT2D eigenvalue weighted by Crippen LogP contribution is -2.67. The highest BCUT2D eigenvalue weighted by molar-refractivity contribution is 6.99. The number of hydrogen-bond acceptors (Lipinski definition) is 7. The molecule has 8 heteroatoms. The van der Waals surface area contributed by atoms with Crippen molar-refractivity contribution in [3.8, 4) is 0 Å². The number of benzene rings is 2. The van der Waals surface area contributed by atoms with Gasteiger partial charge in [-0.05, 0) is 36.2 Å². The van der Waals surface area contributed by atoms with Gasteiger partial charge in [-0.2, -0.15) is 0 Å². The molecular weight excluding hydrogens is 464 g/mol. The average Bonchev–Trinajstić information content (AvgIpc) is 3.27. The molecule has 190 valence electrons. The summed E-state index contributed by atoms with van der Waals surface area (Å²) >= 11 is 0. The molecule has 0 spiro atoms. The van der Waals surface area contributed by atoms with Gasteiger partial charge < -0.3 is 28.5 Å². The van der Waals surface area contributed by atoms with Gasteiger partial charge in [-0.3, -0.25) is 0 Å². The summed E-state index contributed by atoms with van der Waals surface area (Å²) in [6.45, 7) is 11.9. The van der Waals surface area contributed by atoms with Crippen LogP contribution >= 0.6 is 0 Å². The summed E-state index contributed by atoms with van der Waals surface area (Å²) in [6, 6.07) is 20.5. The van der Waals surface area contributed by atoms with Gasteiger partial charge in [0, 0.05) is 0 Å². The number of fused-ring (bicyclic) bond motifs is 1. The summed E-state index contributed by atoms with van der Waals surface area (Å²) in [7, 11) is -2.86. The highest BCUT2D eigenvalue weighted by atomic mass is 28.4. The Morgan fingerprint density at radius 3 is 2.00 bits per heavy atom. The predicted octanol–water partition coefficient (Wildman–Crippen LogP) is 2.73. The molecule has 0 bridgehead atoms. The van der Waals surface area contributed by atoms with Crippen LogP contribution in [0, 0.1) is 0 Å². The molecule has 2 saturated heterocycles. The van der Waals surface area contributed by atoms with Gasteiger partial charge in [0.05, 0.1) is 13.2 Å². The molecule has 1 N–H and O–H groups in total. The Labute approximate surface area is 208 Å². The fourth-order valence-electron chi connectivity index (χ4n) is 5.22. The Kier molecular flexibility index (Phi) is 7.00. The first-order valence-corrected chi connectivity index (χ1v) is 14.0. The van der Waals surface area contributed by atoms with Crippen LogP contribution in [0.5, 0.6) is 0 Å². The van der Waals surface area contributed by atoms with Crippen LogP contribution in [0.25, 0.3) is 0 Å². The quantitative estimate of drug-likeness (QED) is 0.462. The third-order valence-corrected chi connectivity index (χ3v) is 11.7. The monoisotopic (exact) mass is 500 g/mol. The van der Waals surface area contributed by atoms with Gasteiger partial charge in [-0.1, -0.05) is 81.4 Å². The topological polar surface area (TPSA) is 83.5 Å². The molecule has 4 atom stereocenters. The average molecular weight is 501 g/mol. The van der Waals surface area contributed by atoms with Gasteiger partial charge >= 0.3 is 5.97 Å². The molecule has 0 amide bonds. The molecular formula is C27H36O7Si. The largest absolute Gasteiger partial charge is 0.462 e. The van der Waals surface area contributed by atoms with E-state index in [1.807, 2.05) is 36.4 Å². The smallest absolute Gasteiger partial charge is 0.369 e. The minimum absolute atomic E-state index is 0.107. The van der Waals surface area contributed by atoms with Crippen LogP contribution in [0.1, 0.15) is 41.5 Å². The summed E-state index contributed by atoms with van der Waals surface area (Å²) in [4.78, 5) is 12.7. The minimum atomic E-state index is -2.86. The van der Waals surface area contributed by atoms with E-state index in [1.54, 1.807) is 20.8 Å². The van der Waals surface area contributed by atoms with Gasteiger partial charge in [-0.15, -0.1) is 0 Å². The van der Waals surface area contributed by atoms with E-state index in [1.165, 1.54) is 0 Å². The van der Waals surface area contributed by atoms with Gasteiger partial charge in [0.25, 0.3) is 14.1 Å². The van der Waals surface area contributed by atoms with Crippen molar-refractivity contribution in [2.45, 2.75) is 76.5 Å². The molecule has 2 aliphatic heterocycles. The van der Waals surface area contributed by atoms with Crippen molar-refractivity contribution < 1.29 is 33.3 Å². The number of esters is 1. The normalized spacial score (nSPS) is 28.0. The molecule has 2 heterocycles. The summed E-state index contributed by atoms with van der Waals surface area (Å²) in [5, 5.41) is 13.2. The van der Waals surface area contributed by atoms with Gasteiger partial charge in [0.1, 0.15) is 12.2 Å². The van der Waals surface area contributed by atoms with E-state index < -0.39 is 44.2 Å². The van der Waals surface area contributed by atoms with Crippen molar-refractivity contribution in [2.75, 3.05) is 13.2 Å². The van der Waals surface area contributed by atoms with Crippen molar-refractivity contribution in [3.63, 3.8) is 0 Å². The molecule has 0 saturated carbocycles. The summed E-state index contributed by atoms with van der Waals surface area (Å²) in [6.07, 6.45) is -2.46. The Morgan fingerprint density at radius 2 is 1.51 bits per heavy atom. The van der Waals surface area contributed by atoms with E-state index in [9.17, 15) is 9.90 Å². The standard InChI is InChI=1S/C27H36O7Si/c1-7-30-24(28)27(29)23-22(33-26(5,6)34-23)21(32-27)18-31-35(25(2,3)4,19-14-10-8-11-15-19)20-16-12-9-13-17-20/h8-17,21-23,29H,7,18H2,1-6H3/t21-,22-,23-,27?/m1/s1. The second-order valence-corrected chi connectivity index (χ2v) is 14.9. The Hall–Kier alpha value is -2.07. The van der Waals surface area contributed by atoms with Crippen molar-refractivity contribution >= 4 is 24.7 Å². The number of rotatable bonds is 7. The zero-order valence-electron chi connectivity index (χ0n) is 21.3. The predicted molar refractivity (Wildman–Crippen MR) is 134 cm³/mol. The third kappa shape index (κ3) is 4.59. The Balaban J connectivity index is 1.72. The number of ether oxygens (including phenoxy) is 4. The molecule has 2 fully saturated rings. The third-order valence-electron chi connectivity index (χ3n) is 6.66. The molecule has 35 heavy (non-hydrogen) atoms. The lowest BCUT2D eigenvalue weighted by atomic mass is 10.1. The number of aliphatic hydroxyl groups is 1. The second kappa shape index (κ2) is 9.42. The molecule has 0 aromatic heterocycles. The summed E-state index contributed by atoms with van der Waals surface area (Å²) in [5.74, 6) is -4.15. The molecule has 2 aromatic rings. The lowest BCUT2D eigenvalue weighted by molar-refractivity contribution is -0.275. The molecule has 1 unspecified atom stereocenters. The zero-order chi connectivity index (χ0) is 25.5. The van der Waals surface area contributed by atoms with Crippen LogP contribution < -0.4 is 10.4 Å². The Morgan fingerprint density at radius 1 is 0.971 bits per heavy atom. The molecule has 0 radical (unpaired) electrons. The second-order valence-electron chi connectivity index (χ2n) is 10.6. The zero-order valence-corrected chi connectivity index (χ0v) is 22.3. The maximum absolute atomic E-state index is 12.7. The van der Waals surface area contributed by atoms with Gasteiger partial charge in [-0.25, -0.2) is 4.79 Å². The van der Waals surface area contributed by atoms with Crippen molar-refractivity contribution in [1.29, 1.82) is 0 Å². The molecule has 2 aromatic carbocycles. The number of hydrogen-bond donors (Lipinski definition) is 1. The van der Waals surface area contributed by atoms with E-state index in [4.69, 9.17) is 23.4 Å². The van der Waals surface area contributed by atoms with Crippen LogP contribution in [0.4, 0.5) is 0 Å². The van der Waals surface area contributed by atoms with Crippen molar-refractivity contribution in [1.82, 2.24) is 0 Å². The van der Waals surface area contributed by atoms with E-state index in [2.05, 4.69) is 45.0 Å². The van der Waals surface area contributed by atoms with Crippen LogP contribution in [-0.4, -0.2) is 62.5 Å². The first-order valence-electron chi connectivity index (χ1n) is 12.1. The molecule has 2 aliphatic rings. The van der Waals surface area contributed by atoms with Crippen LogP contribution in [0.2, 0.25) is 5.04 Å². The maximum Gasteiger partial charge on any atom is 0.369 e. The van der Waals surface area contributed by atoms with E-state index >= 15 is 0 Å². The highest BCUT2D eigenvalue weighted by Gasteiger charge is 2.67. The first-order chi connectivity index (χ1) is 16.4. The fraction of sp³-hybridized carbons (Fsp3) is 0.519. The van der Waals surface area contributed by atoms with E-state index in [0.29, 0.717) is 0 Å². The SMILES string of the molecule is CCOC(=O)C1(O)O[C@H](CO[Si](c2ccccc2)(c2ccccc2)C(C)(C)C)[C@H]2OC(C)(C)O[C@H]21. The van der Waals surface area contributed by atoms with Gasteiger partial charge in [0.15, 0.2) is 11.9 Å². The van der Waals surface area contributed by atoms with Crippen LogP contribution in [-0.2, 0) is 28.2 Å². The number of carbonyl (C=O) groups is 1. The maximum atomic E-state index is 12.7. The van der Waals surface area contributed by atoms with Crippen molar-refractivity contribution in [3.05, 3.63) is 60.7 Å². The molecule has 0 aliphatic carbocycles. The number of carbonyl (C=O) groups excluding carboxylic acids is 1. The minimum Gasteiger partial charge on any atom is -0.462 e. The summed E-state index contributed by atoms with van der Waals surface area (Å²) in [5.41, 5.74) is 0.